The number of nitro groups is 1. The molecule has 27 heavy (non-hydrogen) atoms. The number of non-ortho nitro benzene ring substituents is 1. The van der Waals surface area contributed by atoms with Gasteiger partial charge in [-0.3, -0.25) is 20.2 Å². The first-order valence-corrected chi connectivity index (χ1v) is 9.97. The Morgan fingerprint density at radius 3 is 2.63 bits per heavy atom. The molecule has 1 heterocycles. The van der Waals surface area contributed by atoms with E-state index in [-0.39, 0.29) is 11.6 Å². The Morgan fingerprint density at radius 1 is 1.22 bits per heavy atom. The van der Waals surface area contributed by atoms with E-state index in [0.717, 1.165) is 4.90 Å². The van der Waals surface area contributed by atoms with Crippen LogP contribution >= 0.6 is 23.1 Å². The van der Waals surface area contributed by atoms with Crippen molar-refractivity contribution < 1.29 is 9.72 Å². The van der Waals surface area contributed by atoms with Crippen molar-refractivity contribution in [3.63, 3.8) is 0 Å². The zero-order chi connectivity index (χ0) is 19.4. The second kappa shape index (κ2) is 8.32. The summed E-state index contributed by atoms with van der Waals surface area (Å²) >= 11 is 3.01. The molecule has 0 spiro atoms. The van der Waals surface area contributed by atoms with Crippen LogP contribution in [0.1, 0.15) is 24.2 Å². The fourth-order valence-corrected chi connectivity index (χ4v) is 3.92. The Bertz CT molecular complexity index is 968. The third-order valence-electron chi connectivity index (χ3n) is 3.57. The van der Waals surface area contributed by atoms with Crippen molar-refractivity contribution in [2.24, 2.45) is 0 Å². The molecule has 3 rings (SSSR count). The molecular formula is C19H17N3O3S2. The van der Waals surface area contributed by atoms with Gasteiger partial charge in [-0.05, 0) is 24.3 Å². The fraction of sp³-hybridized carbons (Fsp3) is 0.158. The summed E-state index contributed by atoms with van der Waals surface area (Å²) in [6, 6.07) is 13.7. The molecule has 1 amide bonds. The second-order valence-electron chi connectivity index (χ2n) is 5.99. The molecule has 2 aromatic carbocycles. The monoisotopic (exact) mass is 399 g/mol. The van der Waals surface area contributed by atoms with Crippen LogP contribution in [0.4, 0.5) is 10.8 Å². The van der Waals surface area contributed by atoms with Crippen LogP contribution in [-0.4, -0.2) is 21.1 Å². The summed E-state index contributed by atoms with van der Waals surface area (Å²) < 4.78 is 0. The SMILES string of the molecule is CC(C)Sc1ccc(C(=O)Nc2nc(-c3cccc([N+](=O)[O-])c3)cs2)cc1. The lowest BCUT2D eigenvalue weighted by atomic mass is 10.1. The summed E-state index contributed by atoms with van der Waals surface area (Å²) in [4.78, 5) is 28.3. The summed E-state index contributed by atoms with van der Waals surface area (Å²) in [5, 5.41) is 16.4. The molecular weight excluding hydrogens is 382 g/mol. The lowest BCUT2D eigenvalue weighted by Gasteiger charge is -2.06. The molecule has 0 fully saturated rings. The van der Waals surface area contributed by atoms with E-state index >= 15 is 0 Å². The van der Waals surface area contributed by atoms with E-state index in [1.807, 2.05) is 12.1 Å². The van der Waals surface area contributed by atoms with Crippen LogP contribution in [0.2, 0.25) is 0 Å². The highest BCUT2D eigenvalue weighted by Gasteiger charge is 2.12. The Labute approximate surface area is 164 Å². The minimum absolute atomic E-state index is 0.00504. The number of amides is 1. The van der Waals surface area contributed by atoms with Crippen LogP contribution < -0.4 is 5.32 Å². The van der Waals surface area contributed by atoms with Crippen molar-refractivity contribution in [1.29, 1.82) is 0 Å². The van der Waals surface area contributed by atoms with Gasteiger partial charge in [0.1, 0.15) is 0 Å². The molecule has 0 saturated carbocycles. The smallest absolute Gasteiger partial charge is 0.270 e. The summed E-state index contributed by atoms with van der Waals surface area (Å²) in [5.74, 6) is -0.240. The quantitative estimate of drug-likeness (QED) is 0.337. The van der Waals surface area contributed by atoms with E-state index in [4.69, 9.17) is 0 Å². The van der Waals surface area contributed by atoms with Crippen molar-refractivity contribution in [1.82, 2.24) is 4.98 Å². The first-order valence-electron chi connectivity index (χ1n) is 8.21. The van der Waals surface area contributed by atoms with Crippen LogP contribution in [0.5, 0.6) is 0 Å². The Morgan fingerprint density at radius 2 is 1.96 bits per heavy atom. The van der Waals surface area contributed by atoms with Gasteiger partial charge in [0.25, 0.3) is 11.6 Å². The van der Waals surface area contributed by atoms with Gasteiger partial charge in [0.2, 0.25) is 0 Å². The number of benzene rings is 2. The van der Waals surface area contributed by atoms with Crippen molar-refractivity contribution in [2.75, 3.05) is 5.32 Å². The minimum Gasteiger partial charge on any atom is -0.298 e. The molecule has 8 heteroatoms. The van der Waals surface area contributed by atoms with Gasteiger partial charge in [-0.2, -0.15) is 0 Å². The predicted octanol–water partition coefficient (Wildman–Crippen LogP) is 5.47. The molecule has 0 aliphatic heterocycles. The van der Waals surface area contributed by atoms with E-state index in [1.54, 1.807) is 41.4 Å². The molecule has 0 aliphatic carbocycles. The zero-order valence-corrected chi connectivity index (χ0v) is 16.3. The Hall–Kier alpha value is -2.71. The molecule has 1 aromatic heterocycles. The normalized spacial score (nSPS) is 10.8. The lowest BCUT2D eigenvalue weighted by molar-refractivity contribution is -0.384. The molecule has 1 N–H and O–H groups in total. The number of thiazole rings is 1. The molecule has 0 saturated heterocycles. The molecule has 0 radical (unpaired) electrons. The van der Waals surface area contributed by atoms with Gasteiger partial charge >= 0.3 is 0 Å². The Balaban J connectivity index is 1.71. The van der Waals surface area contributed by atoms with Gasteiger partial charge in [0.05, 0.1) is 10.6 Å². The van der Waals surface area contributed by atoms with Gasteiger partial charge < -0.3 is 0 Å². The number of nitrogens with zero attached hydrogens (tertiary/aromatic N) is 2. The van der Waals surface area contributed by atoms with Crippen molar-refractivity contribution in [2.45, 2.75) is 24.0 Å². The number of hydrogen-bond donors (Lipinski definition) is 1. The highest BCUT2D eigenvalue weighted by molar-refractivity contribution is 7.99. The third kappa shape index (κ3) is 4.93. The van der Waals surface area contributed by atoms with E-state index in [1.165, 1.54) is 23.5 Å². The second-order valence-corrected chi connectivity index (χ2v) is 8.50. The maximum absolute atomic E-state index is 12.4. The summed E-state index contributed by atoms with van der Waals surface area (Å²) in [5.41, 5.74) is 1.78. The molecule has 3 aromatic rings. The number of thioether (sulfide) groups is 1. The summed E-state index contributed by atoms with van der Waals surface area (Å²) in [6.07, 6.45) is 0. The fourth-order valence-electron chi connectivity index (χ4n) is 2.37. The number of anilines is 1. The standard InChI is InChI=1S/C19H17N3O3S2/c1-12(2)27-16-8-6-13(7-9-16)18(23)21-19-20-17(11-26-19)14-4-3-5-15(10-14)22(24)25/h3-12H,1-2H3,(H,20,21,23). The molecule has 0 atom stereocenters. The van der Waals surface area contributed by atoms with Crippen molar-refractivity contribution >= 4 is 39.8 Å². The van der Waals surface area contributed by atoms with Gasteiger partial charge in [0.15, 0.2) is 5.13 Å². The number of rotatable bonds is 6. The first kappa shape index (κ1) is 19.1. The summed E-state index contributed by atoms with van der Waals surface area (Å²) in [6.45, 7) is 4.24. The third-order valence-corrected chi connectivity index (χ3v) is 5.34. The zero-order valence-electron chi connectivity index (χ0n) is 14.7. The number of nitro benzene ring substituents is 1. The summed E-state index contributed by atoms with van der Waals surface area (Å²) in [7, 11) is 0. The van der Waals surface area contributed by atoms with Crippen LogP contribution in [-0.2, 0) is 0 Å². The van der Waals surface area contributed by atoms with Crippen LogP contribution in [0, 0.1) is 10.1 Å². The van der Waals surface area contributed by atoms with Crippen molar-refractivity contribution in [3.8, 4) is 11.3 Å². The molecule has 6 nitrogen and oxygen atoms in total. The topological polar surface area (TPSA) is 85.1 Å². The van der Waals surface area contributed by atoms with E-state index in [9.17, 15) is 14.9 Å². The molecule has 0 aliphatic rings. The number of aromatic nitrogens is 1. The highest BCUT2D eigenvalue weighted by atomic mass is 32.2. The van der Waals surface area contributed by atoms with Crippen molar-refractivity contribution in [3.05, 3.63) is 69.6 Å². The average molecular weight is 399 g/mol. The predicted molar refractivity (Wildman–Crippen MR) is 110 cm³/mol. The van der Waals surface area contributed by atoms with E-state index < -0.39 is 4.92 Å². The van der Waals surface area contributed by atoms with Gasteiger partial charge in [-0.15, -0.1) is 23.1 Å². The maximum Gasteiger partial charge on any atom is 0.270 e. The van der Waals surface area contributed by atoms with E-state index in [2.05, 4.69) is 24.1 Å². The van der Waals surface area contributed by atoms with Gasteiger partial charge in [0, 0.05) is 38.8 Å². The average Bonchev–Trinajstić information content (AvgIpc) is 3.10. The largest absolute Gasteiger partial charge is 0.298 e. The number of carbonyl (C=O) groups excluding carboxylic acids is 1. The maximum atomic E-state index is 12.4. The Kier molecular flexibility index (Phi) is 5.88. The molecule has 138 valence electrons. The highest BCUT2D eigenvalue weighted by Crippen LogP contribution is 2.28. The van der Waals surface area contributed by atoms with Crippen LogP contribution in [0.25, 0.3) is 11.3 Å². The van der Waals surface area contributed by atoms with Crippen LogP contribution in [0.15, 0.2) is 58.8 Å². The van der Waals surface area contributed by atoms with Gasteiger partial charge in [-0.25, -0.2) is 4.98 Å². The first-order chi connectivity index (χ1) is 12.9. The molecule has 0 bridgehead atoms. The number of nitrogens with one attached hydrogen (secondary N) is 1. The van der Waals surface area contributed by atoms with E-state index in [0.29, 0.717) is 27.2 Å². The number of carbonyl (C=O) groups is 1. The molecule has 0 unspecified atom stereocenters. The van der Waals surface area contributed by atoms with Gasteiger partial charge in [-0.1, -0.05) is 26.0 Å². The lowest BCUT2D eigenvalue weighted by Crippen LogP contribution is -2.11. The minimum atomic E-state index is -0.445. The number of hydrogen-bond acceptors (Lipinski definition) is 6. The van der Waals surface area contributed by atoms with Crippen LogP contribution in [0.3, 0.4) is 0 Å².